The van der Waals surface area contributed by atoms with Crippen LogP contribution in [0.15, 0.2) is 48.5 Å². The molecule has 2 aromatic carbocycles. The van der Waals surface area contributed by atoms with Gasteiger partial charge in [0.2, 0.25) is 0 Å². The number of hydrogen-bond acceptors (Lipinski definition) is 4. The van der Waals surface area contributed by atoms with Gasteiger partial charge in [-0.05, 0) is 11.6 Å². The maximum absolute atomic E-state index is 11.9. The molecule has 3 N–H and O–H groups in total. The van der Waals surface area contributed by atoms with Crippen molar-refractivity contribution in [3.8, 4) is 17.2 Å². The maximum Gasteiger partial charge on any atom is 0.193 e. The minimum absolute atomic E-state index is 0.231. The molecule has 2 rings (SSSR count). The number of ketones is 1. The topological polar surface area (TPSA) is 77.8 Å². The molecule has 0 aliphatic rings. The molecule has 0 aliphatic carbocycles. The predicted molar refractivity (Wildman–Crippen MR) is 71.2 cm³/mol. The van der Waals surface area contributed by atoms with Gasteiger partial charge in [0.15, 0.2) is 5.78 Å². The number of carbonyl (C=O) groups excluding carboxylic acids is 1. The van der Waals surface area contributed by atoms with Gasteiger partial charge in [-0.15, -0.1) is 0 Å². The fourth-order valence-electron chi connectivity index (χ4n) is 1.67. The molecule has 19 heavy (non-hydrogen) atoms. The van der Waals surface area contributed by atoms with Crippen LogP contribution >= 0.6 is 0 Å². The van der Waals surface area contributed by atoms with Gasteiger partial charge in [-0.3, -0.25) is 4.79 Å². The molecule has 0 atom stereocenters. The van der Waals surface area contributed by atoms with Crippen molar-refractivity contribution in [2.24, 2.45) is 0 Å². The Hall–Kier alpha value is -2.75. The van der Waals surface area contributed by atoms with Gasteiger partial charge >= 0.3 is 0 Å². The molecule has 2 aromatic rings. The van der Waals surface area contributed by atoms with E-state index in [4.69, 9.17) is 5.11 Å². The molecule has 4 heteroatoms. The largest absolute Gasteiger partial charge is 0.508 e. The number of rotatable bonds is 3. The Bertz CT molecular complexity index is 607. The molecule has 0 aliphatic heterocycles. The molecule has 0 bridgehead atoms. The first kappa shape index (κ1) is 12.7. The highest BCUT2D eigenvalue weighted by molar-refractivity contribution is 6.10. The van der Waals surface area contributed by atoms with Crippen molar-refractivity contribution < 1.29 is 20.1 Å². The number of hydrogen-bond donors (Lipinski definition) is 3. The molecule has 4 nitrogen and oxygen atoms in total. The lowest BCUT2D eigenvalue weighted by molar-refractivity contribution is 0.104. The molecule has 0 saturated carbocycles. The van der Waals surface area contributed by atoms with Crippen molar-refractivity contribution in [1.29, 1.82) is 0 Å². The first-order valence-corrected chi connectivity index (χ1v) is 5.60. The van der Waals surface area contributed by atoms with Crippen LogP contribution in [0, 0.1) is 0 Å². The lowest BCUT2D eigenvalue weighted by atomic mass is 10.1. The van der Waals surface area contributed by atoms with E-state index >= 15 is 0 Å². The minimum Gasteiger partial charge on any atom is -0.508 e. The Morgan fingerprint density at radius 1 is 0.947 bits per heavy atom. The monoisotopic (exact) mass is 256 g/mol. The van der Waals surface area contributed by atoms with Gasteiger partial charge in [0.1, 0.15) is 22.8 Å². The second kappa shape index (κ2) is 5.27. The zero-order valence-electron chi connectivity index (χ0n) is 9.95. The average molecular weight is 256 g/mol. The fraction of sp³-hybridized carbons (Fsp3) is 0. The van der Waals surface area contributed by atoms with Crippen molar-refractivity contribution in [2.75, 3.05) is 0 Å². The quantitative estimate of drug-likeness (QED) is 0.583. The molecular weight excluding hydrogens is 244 g/mol. The van der Waals surface area contributed by atoms with Crippen LogP contribution in [0.5, 0.6) is 17.2 Å². The Balaban J connectivity index is 2.29. The predicted octanol–water partition coefficient (Wildman–Crippen LogP) is 2.70. The number of allylic oxidation sites excluding steroid dienone is 1. The van der Waals surface area contributed by atoms with Crippen molar-refractivity contribution in [3.05, 3.63) is 59.7 Å². The van der Waals surface area contributed by atoms with E-state index in [0.717, 1.165) is 17.7 Å². The van der Waals surface area contributed by atoms with Crippen LogP contribution in [0.4, 0.5) is 0 Å². The first-order chi connectivity index (χ1) is 9.08. The van der Waals surface area contributed by atoms with Crippen LogP contribution in [-0.4, -0.2) is 21.1 Å². The molecule has 0 aromatic heterocycles. The fourth-order valence-corrected chi connectivity index (χ4v) is 1.67. The van der Waals surface area contributed by atoms with Crippen molar-refractivity contribution >= 4 is 11.9 Å². The molecular formula is C15H12O4. The Morgan fingerprint density at radius 2 is 1.53 bits per heavy atom. The van der Waals surface area contributed by atoms with E-state index in [0.29, 0.717) is 0 Å². The van der Waals surface area contributed by atoms with Gasteiger partial charge in [0.05, 0.1) is 0 Å². The Kier molecular flexibility index (Phi) is 3.52. The van der Waals surface area contributed by atoms with Crippen LogP contribution in [0.25, 0.3) is 6.08 Å². The van der Waals surface area contributed by atoms with Crippen LogP contribution in [-0.2, 0) is 0 Å². The van der Waals surface area contributed by atoms with E-state index in [-0.39, 0.29) is 11.3 Å². The minimum atomic E-state index is -0.543. The molecule has 0 fully saturated rings. The number of benzene rings is 2. The second-order valence-corrected chi connectivity index (χ2v) is 3.97. The van der Waals surface area contributed by atoms with Crippen molar-refractivity contribution in [1.82, 2.24) is 0 Å². The summed E-state index contributed by atoms with van der Waals surface area (Å²) in [7, 11) is 0. The summed E-state index contributed by atoms with van der Waals surface area (Å²) in [6.45, 7) is 0. The van der Waals surface area contributed by atoms with Gasteiger partial charge in [-0.25, -0.2) is 0 Å². The zero-order chi connectivity index (χ0) is 13.8. The van der Waals surface area contributed by atoms with Crippen molar-refractivity contribution in [3.63, 3.8) is 0 Å². The standard InChI is InChI=1S/C15H12O4/c16-11-8-13(18)15(14(19)9-11)12(17)7-6-10-4-2-1-3-5-10/h1-9,16,18-19H/b7-6+. The van der Waals surface area contributed by atoms with Crippen LogP contribution in [0.2, 0.25) is 0 Å². The lowest BCUT2D eigenvalue weighted by Crippen LogP contribution is -1.95. The lowest BCUT2D eigenvalue weighted by Gasteiger charge is -2.04. The molecule has 0 saturated heterocycles. The number of phenolic OH excluding ortho intramolecular Hbond substituents is 3. The van der Waals surface area contributed by atoms with E-state index in [1.165, 1.54) is 6.08 Å². The van der Waals surface area contributed by atoms with E-state index in [1.54, 1.807) is 6.08 Å². The van der Waals surface area contributed by atoms with Gasteiger partial charge in [0.25, 0.3) is 0 Å². The summed E-state index contributed by atoms with van der Waals surface area (Å²) in [6, 6.07) is 11.2. The highest BCUT2D eigenvalue weighted by atomic mass is 16.3. The van der Waals surface area contributed by atoms with Gasteiger partial charge in [0, 0.05) is 12.1 Å². The molecule has 0 heterocycles. The number of carbonyl (C=O) groups is 1. The van der Waals surface area contributed by atoms with Crippen LogP contribution < -0.4 is 0 Å². The average Bonchev–Trinajstić information content (AvgIpc) is 2.36. The third-order valence-corrected chi connectivity index (χ3v) is 2.55. The SMILES string of the molecule is O=C(/C=C/c1ccccc1)c1c(O)cc(O)cc1O. The van der Waals surface area contributed by atoms with E-state index in [1.807, 2.05) is 30.3 Å². The summed E-state index contributed by atoms with van der Waals surface area (Å²) in [4.78, 5) is 11.9. The smallest absolute Gasteiger partial charge is 0.193 e. The highest BCUT2D eigenvalue weighted by Gasteiger charge is 2.15. The number of phenols is 3. The Morgan fingerprint density at radius 3 is 2.11 bits per heavy atom. The Labute approximate surface area is 109 Å². The van der Waals surface area contributed by atoms with Crippen LogP contribution in [0.1, 0.15) is 15.9 Å². The van der Waals surface area contributed by atoms with Gasteiger partial charge in [-0.1, -0.05) is 36.4 Å². The van der Waals surface area contributed by atoms with Crippen LogP contribution in [0.3, 0.4) is 0 Å². The third kappa shape index (κ3) is 2.93. The van der Waals surface area contributed by atoms with E-state index in [2.05, 4.69) is 0 Å². The van der Waals surface area contributed by atoms with E-state index < -0.39 is 17.3 Å². The molecule has 96 valence electrons. The molecule has 0 unspecified atom stereocenters. The summed E-state index contributed by atoms with van der Waals surface area (Å²) in [6.07, 6.45) is 2.83. The summed E-state index contributed by atoms with van der Waals surface area (Å²) >= 11 is 0. The number of aromatic hydroxyl groups is 3. The first-order valence-electron chi connectivity index (χ1n) is 5.60. The van der Waals surface area contributed by atoms with Gasteiger partial charge < -0.3 is 15.3 Å². The summed E-state index contributed by atoms with van der Waals surface area (Å²) in [5.74, 6) is -1.77. The van der Waals surface area contributed by atoms with E-state index in [9.17, 15) is 15.0 Å². The molecule has 0 radical (unpaired) electrons. The zero-order valence-corrected chi connectivity index (χ0v) is 9.95. The summed E-state index contributed by atoms with van der Waals surface area (Å²) < 4.78 is 0. The molecule has 0 spiro atoms. The van der Waals surface area contributed by atoms with Gasteiger partial charge in [-0.2, -0.15) is 0 Å². The highest BCUT2D eigenvalue weighted by Crippen LogP contribution is 2.32. The normalized spacial score (nSPS) is 10.7. The summed E-state index contributed by atoms with van der Waals surface area (Å²) in [5.41, 5.74) is 0.596. The van der Waals surface area contributed by atoms with Crippen molar-refractivity contribution in [2.45, 2.75) is 0 Å². The maximum atomic E-state index is 11.9. The third-order valence-electron chi connectivity index (χ3n) is 2.55. The second-order valence-electron chi connectivity index (χ2n) is 3.97. The summed E-state index contributed by atoms with van der Waals surface area (Å²) in [5, 5.41) is 28.3. The molecule has 0 amide bonds.